The number of thioether (sulfide) groups is 1. The van der Waals surface area contributed by atoms with Crippen LogP contribution < -0.4 is 14.8 Å². The van der Waals surface area contributed by atoms with E-state index in [0.717, 1.165) is 22.4 Å². The molecule has 0 atom stereocenters. The quantitative estimate of drug-likeness (QED) is 0.424. The van der Waals surface area contributed by atoms with E-state index in [-0.39, 0.29) is 11.7 Å². The Morgan fingerprint density at radius 2 is 1.81 bits per heavy atom. The molecule has 0 bridgehead atoms. The number of rotatable bonds is 7. The molecule has 0 unspecified atom stereocenters. The molecule has 0 aliphatic rings. The number of fused-ring (bicyclic) bond motifs is 1. The van der Waals surface area contributed by atoms with Crippen molar-refractivity contribution in [2.75, 3.05) is 25.3 Å². The number of aromatic nitrogens is 4. The van der Waals surface area contributed by atoms with Gasteiger partial charge < -0.3 is 14.8 Å². The summed E-state index contributed by atoms with van der Waals surface area (Å²) in [4.78, 5) is 12.5. The SMILES string of the molecule is COc1ccc(-c2nnc3ccc(SCC(=O)Nc4cc(C)ccc4C)nn23)cc1OC. The Kier molecular flexibility index (Phi) is 6.27. The van der Waals surface area contributed by atoms with Crippen molar-refractivity contribution in [3.63, 3.8) is 0 Å². The normalized spacial score (nSPS) is 10.9. The third-order valence-corrected chi connectivity index (χ3v) is 5.82. The third kappa shape index (κ3) is 4.52. The van der Waals surface area contributed by atoms with Gasteiger partial charge >= 0.3 is 0 Å². The fraction of sp³-hybridized carbons (Fsp3) is 0.217. The van der Waals surface area contributed by atoms with Crippen LogP contribution in [0.1, 0.15) is 11.1 Å². The number of carbonyl (C=O) groups is 1. The lowest BCUT2D eigenvalue weighted by molar-refractivity contribution is -0.113. The summed E-state index contributed by atoms with van der Waals surface area (Å²) in [5, 5.41) is 16.7. The number of aryl methyl sites for hydroxylation is 2. The Morgan fingerprint density at radius 1 is 1.00 bits per heavy atom. The first-order chi connectivity index (χ1) is 15.5. The minimum atomic E-state index is -0.0885. The van der Waals surface area contributed by atoms with Crippen molar-refractivity contribution in [3.05, 3.63) is 59.7 Å². The highest BCUT2D eigenvalue weighted by Gasteiger charge is 2.14. The molecule has 0 saturated heterocycles. The number of benzene rings is 2. The number of ether oxygens (including phenoxy) is 2. The molecule has 2 heterocycles. The van der Waals surface area contributed by atoms with E-state index in [2.05, 4.69) is 20.6 Å². The van der Waals surface area contributed by atoms with Crippen LogP contribution in [0.5, 0.6) is 11.5 Å². The van der Waals surface area contributed by atoms with Crippen LogP contribution in [0.3, 0.4) is 0 Å². The van der Waals surface area contributed by atoms with Gasteiger partial charge in [0.1, 0.15) is 5.03 Å². The lowest BCUT2D eigenvalue weighted by Gasteiger charge is -2.09. The average Bonchev–Trinajstić information content (AvgIpc) is 3.23. The van der Waals surface area contributed by atoms with E-state index in [9.17, 15) is 4.79 Å². The van der Waals surface area contributed by atoms with Crippen LogP contribution >= 0.6 is 11.8 Å². The maximum Gasteiger partial charge on any atom is 0.234 e. The molecule has 9 heteroatoms. The van der Waals surface area contributed by atoms with Gasteiger partial charge in [-0.1, -0.05) is 23.9 Å². The largest absolute Gasteiger partial charge is 0.493 e. The van der Waals surface area contributed by atoms with E-state index in [1.807, 2.05) is 62.4 Å². The molecular formula is C23H23N5O3S. The first kappa shape index (κ1) is 21.6. The van der Waals surface area contributed by atoms with E-state index in [1.165, 1.54) is 11.8 Å². The Morgan fingerprint density at radius 3 is 2.59 bits per heavy atom. The second-order valence-corrected chi connectivity index (χ2v) is 8.19. The van der Waals surface area contributed by atoms with Crippen molar-refractivity contribution >= 4 is 29.0 Å². The number of amides is 1. The van der Waals surface area contributed by atoms with Crippen molar-refractivity contribution in [2.45, 2.75) is 18.9 Å². The van der Waals surface area contributed by atoms with Crippen molar-refractivity contribution in [1.29, 1.82) is 0 Å². The number of hydrogen-bond acceptors (Lipinski definition) is 7. The van der Waals surface area contributed by atoms with Gasteiger partial charge in [0.05, 0.1) is 20.0 Å². The molecule has 1 amide bonds. The molecule has 0 aliphatic heterocycles. The van der Waals surface area contributed by atoms with Crippen LogP contribution in [0.4, 0.5) is 5.69 Å². The predicted octanol–water partition coefficient (Wildman–Crippen LogP) is 4.16. The van der Waals surface area contributed by atoms with Crippen LogP contribution in [0, 0.1) is 13.8 Å². The molecule has 2 aromatic carbocycles. The Labute approximate surface area is 190 Å². The molecule has 0 radical (unpaired) electrons. The summed E-state index contributed by atoms with van der Waals surface area (Å²) in [6, 6.07) is 15.2. The lowest BCUT2D eigenvalue weighted by atomic mass is 10.1. The van der Waals surface area contributed by atoms with Gasteiger partial charge in [-0.05, 0) is 61.4 Å². The number of carbonyl (C=O) groups excluding carboxylic acids is 1. The second kappa shape index (κ2) is 9.27. The molecule has 0 fully saturated rings. The molecule has 0 saturated carbocycles. The first-order valence-electron chi connectivity index (χ1n) is 9.93. The molecule has 2 aromatic heterocycles. The standard InChI is InChI=1S/C23H23N5O3S/c1-14-5-6-15(2)17(11-14)24-21(29)13-32-22-10-9-20-25-26-23(28(20)27-22)16-7-8-18(30-3)19(12-16)31-4/h5-12H,13H2,1-4H3,(H,24,29). The molecule has 4 rings (SSSR count). The second-order valence-electron chi connectivity index (χ2n) is 7.19. The van der Waals surface area contributed by atoms with Crippen LogP contribution in [0.25, 0.3) is 17.0 Å². The predicted molar refractivity (Wildman–Crippen MR) is 125 cm³/mol. The van der Waals surface area contributed by atoms with Gasteiger partial charge in [-0.15, -0.1) is 10.2 Å². The van der Waals surface area contributed by atoms with Crippen LogP contribution in [-0.2, 0) is 4.79 Å². The van der Waals surface area contributed by atoms with Crippen LogP contribution in [0.15, 0.2) is 53.6 Å². The maximum atomic E-state index is 12.5. The summed E-state index contributed by atoms with van der Waals surface area (Å²) in [6.45, 7) is 3.97. The fourth-order valence-electron chi connectivity index (χ4n) is 3.20. The number of nitrogens with zero attached hydrogens (tertiary/aromatic N) is 4. The van der Waals surface area contributed by atoms with Gasteiger partial charge in [-0.3, -0.25) is 4.79 Å². The zero-order valence-corrected chi connectivity index (χ0v) is 19.1. The topological polar surface area (TPSA) is 90.6 Å². The van der Waals surface area contributed by atoms with Gasteiger partial charge in [-0.25, -0.2) is 0 Å². The van der Waals surface area contributed by atoms with Gasteiger partial charge in [0, 0.05) is 11.3 Å². The number of nitrogens with one attached hydrogen (secondary N) is 1. The average molecular weight is 450 g/mol. The molecular weight excluding hydrogens is 426 g/mol. The minimum absolute atomic E-state index is 0.0885. The summed E-state index contributed by atoms with van der Waals surface area (Å²) < 4.78 is 12.3. The fourth-order valence-corrected chi connectivity index (χ4v) is 3.86. The monoisotopic (exact) mass is 449 g/mol. The van der Waals surface area contributed by atoms with Gasteiger partial charge in [0.2, 0.25) is 5.91 Å². The number of anilines is 1. The van der Waals surface area contributed by atoms with Crippen LogP contribution in [0.2, 0.25) is 0 Å². The zero-order valence-electron chi connectivity index (χ0n) is 18.2. The summed E-state index contributed by atoms with van der Waals surface area (Å²) in [5.41, 5.74) is 4.35. The molecule has 0 spiro atoms. The molecule has 0 aliphatic carbocycles. The Balaban J connectivity index is 1.53. The van der Waals surface area contributed by atoms with Gasteiger partial charge in [0.15, 0.2) is 23.0 Å². The van der Waals surface area contributed by atoms with Crippen molar-refractivity contribution in [2.24, 2.45) is 0 Å². The van der Waals surface area contributed by atoms with Crippen molar-refractivity contribution in [3.8, 4) is 22.9 Å². The number of methoxy groups -OCH3 is 2. The third-order valence-electron chi connectivity index (χ3n) is 4.90. The summed E-state index contributed by atoms with van der Waals surface area (Å²) in [5.74, 6) is 1.94. The van der Waals surface area contributed by atoms with Gasteiger partial charge in [-0.2, -0.15) is 9.61 Å². The zero-order chi connectivity index (χ0) is 22.7. The van der Waals surface area contributed by atoms with E-state index in [4.69, 9.17) is 9.47 Å². The van der Waals surface area contributed by atoms with E-state index in [1.54, 1.807) is 18.7 Å². The number of hydrogen-bond donors (Lipinski definition) is 1. The molecule has 1 N–H and O–H groups in total. The smallest absolute Gasteiger partial charge is 0.234 e. The molecule has 164 valence electrons. The van der Waals surface area contributed by atoms with Gasteiger partial charge in [0.25, 0.3) is 0 Å². The Hall–Kier alpha value is -3.59. The molecule has 8 nitrogen and oxygen atoms in total. The minimum Gasteiger partial charge on any atom is -0.493 e. The molecule has 32 heavy (non-hydrogen) atoms. The van der Waals surface area contributed by atoms with Crippen LogP contribution in [-0.4, -0.2) is 45.7 Å². The Bertz CT molecular complexity index is 1290. The van der Waals surface area contributed by atoms with Crippen molar-refractivity contribution in [1.82, 2.24) is 19.8 Å². The maximum absolute atomic E-state index is 12.5. The van der Waals surface area contributed by atoms with E-state index >= 15 is 0 Å². The van der Waals surface area contributed by atoms with E-state index in [0.29, 0.717) is 28.0 Å². The summed E-state index contributed by atoms with van der Waals surface area (Å²) in [7, 11) is 3.17. The lowest BCUT2D eigenvalue weighted by Crippen LogP contribution is -2.15. The first-order valence-corrected chi connectivity index (χ1v) is 10.9. The highest BCUT2D eigenvalue weighted by molar-refractivity contribution is 7.99. The van der Waals surface area contributed by atoms with Crippen molar-refractivity contribution < 1.29 is 14.3 Å². The highest BCUT2D eigenvalue weighted by atomic mass is 32.2. The summed E-state index contributed by atoms with van der Waals surface area (Å²) in [6.07, 6.45) is 0. The molecule has 4 aromatic rings. The summed E-state index contributed by atoms with van der Waals surface area (Å²) >= 11 is 1.35. The van der Waals surface area contributed by atoms with E-state index < -0.39 is 0 Å². The highest BCUT2D eigenvalue weighted by Crippen LogP contribution is 2.31.